The van der Waals surface area contributed by atoms with Crippen molar-refractivity contribution >= 4 is 11.7 Å². The molecule has 2 aliphatic rings. The maximum absolute atomic E-state index is 12.8. The fourth-order valence-electron chi connectivity index (χ4n) is 4.11. The summed E-state index contributed by atoms with van der Waals surface area (Å²) in [5.74, 6) is 1.51. The molecule has 2 amide bonds. The first-order valence-corrected chi connectivity index (χ1v) is 9.83. The minimum Gasteiger partial charge on any atom is -0.381 e. The number of anilines is 1. The number of aromatic amines is 1. The Labute approximate surface area is 159 Å². The number of urea groups is 1. The van der Waals surface area contributed by atoms with E-state index in [0.717, 1.165) is 69.1 Å². The molecule has 1 aromatic heterocycles. The van der Waals surface area contributed by atoms with Gasteiger partial charge in [0, 0.05) is 44.0 Å². The van der Waals surface area contributed by atoms with Crippen LogP contribution in [-0.4, -0.2) is 52.4 Å². The van der Waals surface area contributed by atoms with E-state index in [1.807, 2.05) is 36.1 Å². The summed E-state index contributed by atoms with van der Waals surface area (Å²) in [5.41, 5.74) is 1.90. The van der Waals surface area contributed by atoms with Gasteiger partial charge in [0.05, 0.1) is 0 Å². The summed E-state index contributed by atoms with van der Waals surface area (Å²) in [6.07, 6.45) is 5.17. The van der Waals surface area contributed by atoms with E-state index in [9.17, 15) is 4.79 Å². The first-order valence-electron chi connectivity index (χ1n) is 9.83. The fourth-order valence-corrected chi connectivity index (χ4v) is 4.11. The second kappa shape index (κ2) is 7.68. The lowest BCUT2D eigenvalue weighted by molar-refractivity contribution is -0.0175. The quantitative estimate of drug-likeness (QED) is 0.868. The average molecular weight is 369 g/mol. The molecule has 4 rings (SSSR count). The first-order chi connectivity index (χ1) is 13.2. The molecule has 1 spiro atoms. The van der Waals surface area contributed by atoms with Gasteiger partial charge in [-0.1, -0.05) is 19.1 Å². The summed E-state index contributed by atoms with van der Waals surface area (Å²) in [6.45, 7) is 5.30. The van der Waals surface area contributed by atoms with Gasteiger partial charge in [-0.15, -0.1) is 0 Å². The smallest absolute Gasteiger partial charge is 0.321 e. The number of carbonyl (C=O) groups is 1. The summed E-state index contributed by atoms with van der Waals surface area (Å²) >= 11 is 0. The lowest BCUT2D eigenvalue weighted by Crippen LogP contribution is -2.49. The van der Waals surface area contributed by atoms with Crippen LogP contribution in [0.15, 0.2) is 24.3 Å². The Morgan fingerprint density at radius 1 is 1.33 bits per heavy atom. The van der Waals surface area contributed by atoms with Gasteiger partial charge in [-0.05, 0) is 43.2 Å². The van der Waals surface area contributed by atoms with Gasteiger partial charge >= 0.3 is 6.03 Å². The Bertz CT molecular complexity index is 792. The second-order valence-corrected chi connectivity index (χ2v) is 7.61. The highest BCUT2D eigenvalue weighted by atomic mass is 16.5. The van der Waals surface area contributed by atoms with Crippen molar-refractivity contribution < 1.29 is 9.53 Å². The summed E-state index contributed by atoms with van der Waals surface area (Å²) in [6, 6.07) is 7.68. The van der Waals surface area contributed by atoms with Crippen LogP contribution in [0.5, 0.6) is 0 Å². The molecule has 0 bridgehead atoms. The number of hydrogen-bond acceptors (Lipinski definition) is 4. The summed E-state index contributed by atoms with van der Waals surface area (Å²) < 4.78 is 5.52. The number of rotatable bonds is 3. The number of H-pyrrole nitrogens is 1. The molecule has 2 fully saturated rings. The van der Waals surface area contributed by atoms with Crippen molar-refractivity contribution in [1.82, 2.24) is 20.1 Å². The van der Waals surface area contributed by atoms with Crippen molar-refractivity contribution in [3.05, 3.63) is 30.1 Å². The number of aryl methyl sites for hydroxylation is 1. The second-order valence-electron chi connectivity index (χ2n) is 7.61. The van der Waals surface area contributed by atoms with Crippen molar-refractivity contribution in [2.45, 2.75) is 39.0 Å². The van der Waals surface area contributed by atoms with Gasteiger partial charge in [-0.3, -0.25) is 5.10 Å². The van der Waals surface area contributed by atoms with Gasteiger partial charge < -0.3 is 15.0 Å². The highest BCUT2D eigenvalue weighted by molar-refractivity contribution is 5.90. The standard InChI is InChI=1S/C20H27N5O2/c1-2-17-22-18(24-23-17)15-5-3-6-16(13-15)21-19(26)25-10-4-7-20(14-25)8-11-27-12-9-20/h3,5-6,13H,2,4,7-12,14H2,1H3,(H,21,26)(H,22,23,24). The molecule has 2 aromatic rings. The zero-order chi connectivity index (χ0) is 18.7. The van der Waals surface area contributed by atoms with E-state index in [2.05, 4.69) is 20.5 Å². The van der Waals surface area contributed by atoms with Crippen molar-refractivity contribution in [1.29, 1.82) is 0 Å². The summed E-state index contributed by atoms with van der Waals surface area (Å²) in [4.78, 5) is 19.3. The number of carbonyl (C=O) groups excluding carboxylic acids is 1. The molecule has 7 heteroatoms. The third kappa shape index (κ3) is 3.98. The fraction of sp³-hybridized carbons (Fsp3) is 0.550. The number of likely N-dealkylation sites (tertiary alicyclic amines) is 1. The molecule has 2 N–H and O–H groups in total. The Hall–Kier alpha value is -2.41. The highest BCUT2D eigenvalue weighted by Crippen LogP contribution is 2.39. The van der Waals surface area contributed by atoms with Crippen LogP contribution in [0.2, 0.25) is 0 Å². The Balaban J connectivity index is 1.44. The van der Waals surface area contributed by atoms with Crippen LogP contribution in [0.1, 0.15) is 38.4 Å². The number of aromatic nitrogens is 3. The predicted octanol–water partition coefficient (Wildman–Crippen LogP) is 3.46. The van der Waals surface area contributed by atoms with E-state index in [4.69, 9.17) is 4.74 Å². The minimum absolute atomic E-state index is 0.0260. The summed E-state index contributed by atoms with van der Waals surface area (Å²) in [5, 5.41) is 10.2. The van der Waals surface area contributed by atoms with Crippen molar-refractivity contribution in [2.24, 2.45) is 5.41 Å². The van der Waals surface area contributed by atoms with E-state index in [1.165, 1.54) is 6.42 Å². The molecule has 0 radical (unpaired) electrons. The first kappa shape index (κ1) is 18.0. The zero-order valence-electron chi connectivity index (χ0n) is 15.8. The predicted molar refractivity (Wildman–Crippen MR) is 104 cm³/mol. The van der Waals surface area contributed by atoms with E-state index >= 15 is 0 Å². The van der Waals surface area contributed by atoms with Gasteiger partial charge in [-0.25, -0.2) is 9.78 Å². The average Bonchev–Trinajstić information content (AvgIpc) is 3.18. The Kier molecular flexibility index (Phi) is 5.11. The molecule has 3 heterocycles. The van der Waals surface area contributed by atoms with Crippen LogP contribution in [0, 0.1) is 5.41 Å². The van der Waals surface area contributed by atoms with Gasteiger partial charge in [0.1, 0.15) is 5.82 Å². The van der Waals surface area contributed by atoms with Gasteiger partial charge in [0.15, 0.2) is 5.82 Å². The maximum atomic E-state index is 12.8. The van der Waals surface area contributed by atoms with Crippen LogP contribution in [-0.2, 0) is 11.2 Å². The molecular weight excluding hydrogens is 342 g/mol. The van der Waals surface area contributed by atoms with Crippen molar-refractivity contribution in [3.8, 4) is 11.4 Å². The molecular formula is C20H27N5O2. The number of benzene rings is 1. The SMILES string of the molecule is CCc1nc(-c2cccc(NC(=O)N3CCCC4(CCOCC4)C3)c2)n[nH]1. The number of nitrogens with zero attached hydrogens (tertiary/aromatic N) is 3. The van der Waals surface area contributed by atoms with Gasteiger partial charge in [-0.2, -0.15) is 5.10 Å². The molecule has 27 heavy (non-hydrogen) atoms. The molecule has 2 saturated heterocycles. The van der Waals surface area contributed by atoms with E-state index < -0.39 is 0 Å². The van der Waals surface area contributed by atoms with E-state index in [-0.39, 0.29) is 11.4 Å². The lowest BCUT2D eigenvalue weighted by atomic mass is 9.74. The lowest BCUT2D eigenvalue weighted by Gasteiger charge is -2.45. The van der Waals surface area contributed by atoms with Crippen molar-refractivity contribution in [3.63, 3.8) is 0 Å². The topological polar surface area (TPSA) is 83.1 Å². The Morgan fingerprint density at radius 2 is 2.19 bits per heavy atom. The van der Waals surface area contributed by atoms with Crippen LogP contribution in [0.3, 0.4) is 0 Å². The molecule has 0 unspecified atom stereocenters. The van der Waals surface area contributed by atoms with Crippen molar-refractivity contribution in [2.75, 3.05) is 31.6 Å². The number of ether oxygens (including phenoxy) is 1. The van der Waals surface area contributed by atoms with E-state index in [0.29, 0.717) is 5.82 Å². The van der Waals surface area contributed by atoms with Crippen LogP contribution < -0.4 is 5.32 Å². The number of amides is 2. The molecule has 2 aliphatic heterocycles. The molecule has 0 atom stereocenters. The summed E-state index contributed by atoms with van der Waals surface area (Å²) in [7, 11) is 0. The monoisotopic (exact) mass is 369 g/mol. The number of hydrogen-bond donors (Lipinski definition) is 2. The van der Waals surface area contributed by atoms with E-state index in [1.54, 1.807) is 0 Å². The zero-order valence-corrected chi connectivity index (χ0v) is 15.8. The molecule has 0 saturated carbocycles. The molecule has 7 nitrogen and oxygen atoms in total. The Morgan fingerprint density at radius 3 is 2.96 bits per heavy atom. The maximum Gasteiger partial charge on any atom is 0.321 e. The van der Waals surface area contributed by atoms with Crippen LogP contribution in [0.25, 0.3) is 11.4 Å². The largest absolute Gasteiger partial charge is 0.381 e. The molecule has 1 aromatic carbocycles. The minimum atomic E-state index is -0.0260. The number of piperidine rings is 1. The number of nitrogens with one attached hydrogen (secondary N) is 2. The third-order valence-corrected chi connectivity index (χ3v) is 5.74. The molecule has 144 valence electrons. The third-order valence-electron chi connectivity index (χ3n) is 5.74. The molecule has 0 aliphatic carbocycles. The van der Waals surface area contributed by atoms with Crippen LogP contribution >= 0.6 is 0 Å². The normalized spacial score (nSPS) is 19.2. The highest BCUT2D eigenvalue weighted by Gasteiger charge is 2.38. The van der Waals surface area contributed by atoms with Crippen LogP contribution in [0.4, 0.5) is 10.5 Å². The van der Waals surface area contributed by atoms with Gasteiger partial charge in [0.2, 0.25) is 0 Å². The van der Waals surface area contributed by atoms with Gasteiger partial charge in [0.25, 0.3) is 0 Å².